The van der Waals surface area contributed by atoms with Crippen LogP contribution in [0.1, 0.15) is 32.0 Å². The lowest BCUT2D eigenvalue weighted by atomic mass is 10.2. The molecule has 1 aromatic carbocycles. The summed E-state index contributed by atoms with van der Waals surface area (Å²) < 4.78 is 23.5. The quantitative estimate of drug-likeness (QED) is 0.725. The van der Waals surface area contributed by atoms with Crippen LogP contribution in [0.3, 0.4) is 0 Å². The molecule has 2 aliphatic rings. The zero-order valence-electron chi connectivity index (χ0n) is 17.1. The number of piperazine rings is 1. The number of amides is 2. The van der Waals surface area contributed by atoms with Gasteiger partial charge in [0.15, 0.2) is 9.84 Å². The number of benzene rings is 1. The Hall–Kier alpha value is -1.94. The van der Waals surface area contributed by atoms with Gasteiger partial charge in [0, 0.05) is 32.2 Å². The van der Waals surface area contributed by atoms with Crippen LogP contribution in [0.5, 0.6) is 0 Å². The van der Waals surface area contributed by atoms with Crippen LogP contribution in [0.25, 0.3) is 0 Å². The average molecular weight is 482 g/mol. The zero-order valence-corrected chi connectivity index (χ0v) is 19.5. The molecule has 1 aromatic heterocycles. The number of hydrogen-bond donors (Lipinski definition) is 1. The summed E-state index contributed by atoms with van der Waals surface area (Å²) >= 11 is 7.35. The molecule has 1 unspecified atom stereocenters. The third-order valence-electron chi connectivity index (χ3n) is 5.79. The molecule has 4 rings (SSSR count). The minimum absolute atomic E-state index is 0.0561. The van der Waals surface area contributed by atoms with Crippen LogP contribution in [-0.4, -0.2) is 73.8 Å². The van der Waals surface area contributed by atoms with Gasteiger partial charge in [0.2, 0.25) is 0 Å². The predicted octanol–water partition coefficient (Wildman–Crippen LogP) is 2.91. The van der Waals surface area contributed by atoms with Crippen molar-refractivity contribution in [3.63, 3.8) is 0 Å². The number of anilines is 1. The van der Waals surface area contributed by atoms with E-state index in [1.165, 1.54) is 11.3 Å². The van der Waals surface area contributed by atoms with Crippen molar-refractivity contribution in [2.75, 3.05) is 43.0 Å². The molecule has 2 aromatic rings. The molecule has 10 heteroatoms. The lowest BCUT2D eigenvalue weighted by Crippen LogP contribution is -2.52. The first-order valence-corrected chi connectivity index (χ1v) is 13.1. The Morgan fingerprint density at radius 1 is 1.16 bits per heavy atom. The Balaban J connectivity index is 1.38. The van der Waals surface area contributed by atoms with Gasteiger partial charge in [0.25, 0.3) is 11.8 Å². The first-order valence-electron chi connectivity index (χ1n) is 10.1. The molecule has 166 valence electrons. The van der Waals surface area contributed by atoms with Crippen molar-refractivity contribution in [1.29, 1.82) is 0 Å². The van der Waals surface area contributed by atoms with Crippen molar-refractivity contribution in [2.24, 2.45) is 0 Å². The maximum atomic E-state index is 13.1. The van der Waals surface area contributed by atoms with E-state index in [9.17, 15) is 18.0 Å². The predicted molar refractivity (Wildman–Crippen MR) is 123 cm³/mol. The summed E-state index contributed by atoms with van der Waals surface area (Å²) in [5.41, 5.74) is 1.20. The first kappa shape index (κ1) is 22.3. The van der Waals surface area contributed by atoms with Crippen LogP contribution >= 0.6 is 22.9 Å². The highest BCUT2D eigenvalue weighted by atomic mass is 35.5. The summed E-state index contributed by atoms with van der Waals surface area (Å²) in [5.74, 6) is 0.110. The molecule has 7 nitrogen and oxygen atoms in total. The van der Waals surface area contributed by atoms with E-state index in [0.717, 1.165) is 5.56 Å². The Morgan fingerprint density at radius 2 is 1.87 bits per heavy atom. The number of aryl methyl sites for hydroxylation is 1. The first-order chi connectivity index (χ1) is 14.7. The summed E-state index contributed by atoms with van der Waals surface area (Å²) in [6.07, 6.45) is 0.675. The largest absolute Gasteiger partial charge is 0.335 e. The van der Waals surface area contributed by atoms with Crippen LogP contribution in [-0.2, 0) is 9.84 Å². The van der Waals surface area contributed by atoms with Gasteiger partial charge in [-0.2, -0.15) is 0 Å². The van der Waals surface area contributed by atoms with Crippen LogP contribution in [0.4, 0.5) is 5.00 Å². The van der Waals surface area contributed by atoms with Gasteiger partial charge in [-0.25, -0.2) is 8.42 Å². The summed E-state index contributed by atoms with van der Waals surface area (Å²) in [4.78, 5) is 30.2. The minimum Gasteiger partial charge on any atom is -0.335 e. The molecule has 3 heterocycles. The SMILES string of the molecule is Cc1cc(NC(=O)c2ccccc2Cl)sc1C(=O)N1CCN(C2CCS(=O)(=O)C2)CC1. The maximum absolute atomic E-state index is 13.1. The van der Waals surface area contributed by atoms with Gasteiger partial charge in [-0.3, -0.25) is 14.5 Å². The average Bonchev–Trinajstić information content (AvgIpc) is 3.29. The highest BCUT2D eigenvalue weighted by molar-refractivity contribution is 7.91. The number of carbonyl (C=O) groups excluding carboxylic acids is 2. The number of hydrogen-bond acceptors (Lipinski definition) is 6. The fourth-order valence-electron chi connectivity index (χ4n) is 4.08. The van der Waals surface area contributed by atoms with Gasteiger partial charge in [0.05, 0.1) is 32.0 Å². The number of rotatable bonds is 4. The maximum Gasteiger partial charge on any atom is 0.264 e. The van der Waals surface area contributed by atoms with Gasteiger partial charge in [-0.15, -0.1) is 11.3 Å². The molecular weight excluding hydrogens is 458 g/mol. The Bertz CT molecular complexity index is 1110. The lowest BCUT2D eigenvalue weighted by Gasteiger charge is -2.37. The number of nitrogens with one attached hydrogen (secondary N) is 1. The normalized spacial score (nSPS) is 21.2. The number of halogens is 1. The zero-order chi connectivity index (χ0) is 22.2. The lowest BCUT2D eigenvalue weighted by molar-refractivity contribution is 0.0591. The monoisotopic (exact) mass is 481 g/mol. The van der Waals surface area contributed by atoms with E-state index in [1.807, 2.05) is 6.92 Å². The van der Waals surface area contributed by atoms with E-state index >= 15 is 0 Å². The van der Waals surface area contributed by atoms with Crippen molar-refractivity contribution >= 4 is 49.6 Å². The fourth-order valence-corrected chi connectivity index (χ4v) is 7.10. The molecule has 0 aliphatic carbocycles. The molecule has 2 amide bonds. The van der Waals surface area contributed by atoms with E-state index in [2.05, 4.69) is 10.2 Å². The van der Waals surface area contributed by atoms with Gasteiger partial charge < -0.3 is 10.2 Å². The van der Waals surface area contributed by atoms with Crippen molar-refractivity contribution in [3.05, 3.63) is 51.4 Å². The van der Waals surface area contributed by atoms with E-state index in [1.54, 1.807) is 35.2 Å². The minimum atomic E-state index is -2.92. The highest BCUT2D eigenvalue weighted by Crippen LogP contribution is 2.29. The second kappa shape index (κ2) is 8.90. The number of sulfone groups is 1. The molecule has 0 saturated carbocycles. The standard InChI is InChI=1S/C21H24ClN3O4S2/c1-14-12-18(23-20(26)16-4-2-3-5-17(16)22)30-19(14)21(27)25-9-7-24(8-10-25)15-6-11-31(28,29)13-15/h2-5,12,15H,6-11,13H2,1H3,(H,23,26). The third-order valence-corrected chi connectivity index (χ3v) is 9.01. The van der Waals surface area contributed by atoms with Gasteiger partial charge in [-0.05, 0) is 37.1 Å². The topological polar surface area (TPSA) is 86.8 Å². The molecule has 31 heavy (non-hydrogen) atoms. The van der Waals surface area contributed by atoms with Gasteiger partial charge in [-0.1, -0.05) is 23.7 Å². The smallest absolute Gasteiger partial charge is 0.264 e. The van der Waals surface area contributed by atoms with Gasteiger partial charge in [0.1, 0.15) is 0 Å². The van der Waals surface area contributed by atoms with Gasteiger partial charge >= 0.3 is 0 Å². The third kappa shape index (κ3) is 4.95. The summed E-state index contributed by atoms with van der Waals surface area (Å²) in [6, 6.07) is 8.68. The molecule has 2 fully saturated rings. The summed E-state index contributed by atoms with van der Waals surface area (Å²) in [6.45, 7) is 4.33. The molecule has 1 atom stereocenters. The summed E-state index contributed by atoms with van der Waals surface area (Å²) in [5, 5.41) is 3.80. The number of carbonyl (C=O) groups is 2. The molecule has 0 spiro atoms. The van der Waals surface area contributed by atoms with Crippen LogP contribution in [0.15, 0.2) is 30.3 Å². The second-order valence-corrected chi connectivity index (χ2v) is 11.6. The molecule has 0 radical (unpaired) electrons. The molecule has 2 saturated heterocycles. The second-order valence-electron chi connectivity index (χ2n) is 7.94. The van der Waals surface area contributed by atoms with Crippen LogP contribution < -0.4 is 5.32 Å². The van der Waals surface area contributed by atoms with Crippen molar-refractivity contribution in [1.82, 2.24) is 9.80 Å². The van der Waals surface area contributed by atoms with E-state index in [0.29, 0.717) is 53.1 Å². The van der Waals surface area contributed by atoms with Crippen molar-refractivity contribution < 1.29 is 18.0 Å². The Morgan fingerprint density at radius 3 is 2.52 bits per heavy atom. The fraction of sp³-hybridized carbons (Fsp3) is 0.429. The highest BCUT2D eigenvalue weighted by Gasteiger charge is 2.34. The number of nitrogens with zero attached hydrogens (tertiary/aromatic N) is 2. The number of thiophene rings is 1. The Kier molecular flexibility index (Phi) is 6.39. The van der Waals surface area contributed by atoms with Crippen LogP contribution in [0.2, 0.25) is 5.02 Å². The van der Waals surface area contributed by atoms with E-state index < -0.39 is 9.84 Å². The molecule has 1 N–H and O–H groups in total. The van der Waals surface area contributed by atoms with Crippen molar-refractivity contribution in [3.8, 4) is 0 Å². The summed E-state index contributed by atoms with van der Waals surface area (Å²) in [7, 11) is -2.92. The van der Waals surface area contributed by atoms with E-state index in [-0.39, 0.29) is 29.4 Å². The van der Waals surface area contributed by atoms with Crippen LogP contribution in [0, 0.1) is 6.92 Å². The molecular formula is C21H24ClN3O4S2. The molecule has 2 aliphatic heterocycles. The Labute approximate surface area is 190 Å². The van der Waals surface area contributed by atoms with E-state index in [4.69, 9.17) is 11.6 Å². The van der Waals surface area contributed by atoms with Crippen molar-refractivity contribution in [2.45, 2.75) is 19.4 Å². The molecule has 0 bridgehead atoms.